The van der Waals surface area contributed by atoms with E-state index in [2.05, 4.69) is 4.98 Å². The van der Waals surface area contributed by atoms with Gasteiger partial charge in [0.2, 0.25) is 0 Å². The van der Waals surface area contributed by atoms with E-state index in [0.717, 1.165) is 6.07 Å². The van der Waals surface area contributed by atoms with E-state index in [9.17, 15) is 22.8 Å². The third-order valence-electron chi connectivity index (χ3n) is 4.73. The zero-order valence-electron chi connectivity index (χ0n) is 15.5. The molecule has 0 radical (unpaired) electrons. The minimum atomic E-state index is -4.64. The van der Waals surface area contributed by atoms with Gasteiger partial charge in [-0.2, -0.15) is 18.4 Å². The van der Waals surface area contributed by atoms with Gasteiger partial charge < -0.3 is 10.5 Å². The van der Waals surface area contributed by atoms with Crippen LogP contribution in [0.1, 0.15) is 27.9 Å². The van der Waals surface area contributed by atoms with Gasteiger partial charge in [-0.25, -0.2) is 9.37 Å². The molecule has 9 heteroatoms. The van der Waals surface area contributed by atoms with Gasteiger partial charge in [0.15, 0.2) is 0 Å². The molecular formula is C19H16F4N4O. The van der Waals surface area contributed by atoms with Gasteiger partial charge in [-0.1, -0.05) is 0 Å². The maximum absolute atomic E-state index is 14.4. The Morgan fingerprint density at radius 1 is 1.18 bits per heavy atom. The summed E-state index contributed by atoms with van der Waals surface area (Å²) < 4.78 is 60.8. The number of alkyl halides is 3. The van der Waals surface area contributed by atoms with Gasteiger partial charge in [0.05, 0.1) is 24.1 Å². The molecule has 0 unspecified atom stereocenters. The molecule has 0 atom stereocenters. The Bertz CT molecular complexity index is 1160. The van der Waals surface area contributed by atoms with Crippen molar-refractivity contribution in [2.75, 3.05) is 12.8 Å². The Hall–Kier alpha value is -3.28. The van der Waals surface area contributed by atoms with Crippen LogP contribution in [0.25, 0.3) is 16.7 Å². The molecule has 0 bridgehead atoms. The van der Waals surface area contributed by atoms with Gasteiger partial charge in [0, 0.05) is 22.6 Å². The highest BCUT2D eigenvalue weighted by Gasteiger charge is 2.35. The molecule has 0 saturated heterocycles. The maximum Gasteiger partial charge on any atom is 0.418 e. The summed E-state index contributed by atoms with van der Waals surface area (Å²) in [6.07, 6.45) is -4.64. The Morgan fingerprint density at radius 2 is 1.82 bits per heavy atom. The van der Waals surface area contributed by atoms with Crippen molar-refractivity contribution in [2.45, 2.75) is 26.9 Å². The van der Waals surface area contributed by atoms with Crippen molar-refractivity contribution < 1.29 is 22.3 Å². The molecule has 2 aromatic heterocycles. The molecular weight excluding hydrogens is 376 g/mol. The quantitative estimate of drug-likeness (QED) is 0.648. The van der Waals surface area contributed by atoms with Gasteiger partial charge in [-0.3, -0.25) is 4.57 Å². The minimum absolute atomic E-state index is 0.0402. The first-order chi connectivity index (χ1) is 13.0. The topological polar surface area (TPSA) is 76.9 Å². The number of pyridine rings is 1. The average molecular weight is 392 g/mol. The fourth-order valence-corrected chi connectivity index (χ4v) is 3.33. The molecule has 2 N–H and O–H groups in total. The monoisotopic (exact) mass is 392 g/mol. The molecule has 28 heavy (non-hydrogen) atoms. The van der Waals surface area contributed by atoms with Gasteiger partial charge >= 0.3 is 6.18 Å². The zero-order valence-corrected chi connectivity index (χ0v) is 15.5. The second-order valence-corrected chi connectivity index (χ2v) is 6.36. The van der Waals surface area contributed by atoms with E-state index in [1.54, 1.807) is 6.92 Å². The Balaban J connectivity index is 2.52. The SMILES string of the molecule is COc1cc(F)c(C)c(-n2c(N)c(C#N)c3cc(C(F)(F)F)c(C)nc32)c1C. The molecule has 0 saturated carbocycles. The van der Waals surface area contributed by atoms with Gasteiger partial charge in [0.25, 0.3) is 0 Å². The molecule has 0 aliphatic heterocycles. The van der Waals surface area contributed by atoms with Crippen LogP contribution in [0.15, 0.2) is 12.1 Å². The summed E-state index contributed by atoms with van der Waals surface area (Å²) in [5.41, 5.74) is 5.73. The molecule has 5 nitrogen and oxygen atoms in total. The largest absolute Gasteiger partial charge is 0.496 e. The number of anilines is 1. The minimum Gasteiger partial charge on any atom is -0.496 e. The molecule has 1 aromatic carbocycles. The average Bonchev–Trinajstić information content (AvgIpc) is 2.87. The fraction of sp³-hybridized carbons (Fsp3) is 0.263. The highest BCUT2D eigenvalue weighted by molar-refractivity contribution is 5.92. The van der Waals surface area contributed by atoms with Crippen LogP contribution in [0.4, 0.5) is 23.4 Å². The normalized spacial score (nSPS) is 11.7. The molecule has 0 aliphatic rings. The first kappa shape index (κ1) is 19.5. The van der Waals surface area contributed by atoms with Crippen molar-refractivity contribution in [1.29, 1.82) is 5.26 Å². The van der Waals surface area contributed by atoms with Gasteiger partial charge in [0.1, 0.15) is 34.7 Å². The van der Waals surface area contributed by atoms with E-state index < -0.39 is 17.6 Å². The maximum atomic E-state index is 14.4. The Morgan fingerprint density at radius 3 is 2.36 bits per heavy atom. The van der Waals surface area contributed by atoms with E-state index in [0.29, 0.717) is 5.56 Å². The molecule has 2 heterocycles. The molecule has 3 aromatic rings. The number of ether oxygens (including phenoxy) is 1. The smallest absolute Gasteiger partial charge is 0.418 e. The first-order valence-electron chi connectivity index (χ1n) is 8.15. The number of nitrogen functional groups attached to an aromatic ring is 1. The molecule has 3 rings (SSSR count). The lowest BCUT2D eigenvalue weighted by Gasteiger charge is -2.18. The lowest BCUT2D eigenvalue weighted by atomic mass is 10.1. The van der Waals surface area contributed by atoms with Crippen molar-refractivity contribution in [3.63, 3.8) is 0 Å². The number of rotatable bonds is 2. The second kappa shape index (κ2) is 6.41. The molecule has 0 aliphatic carbocycles. The summed E-state index contributed by atoms with van der Waals surface area (Å²) in [5, 5.41) is 9.43. The number of halogens is 4. The van der Waals surface area contributed by atoms with Crippen LogP contribution in [-0.2, 0) is 6.18 Å². The van der Waals surface area contributed by atoms with E-state index >= 15 is 0 Å². The van der Waals surface area contributed by atoms with Crippen LogP contribution in [0, 0.1) is 37.9 Å². The van der Waals surface area contributed by atoms with Crippen LogP contribution < -0.4 is 10.5 Å². The number of hydrogen-bond acceptors (Lipinski definition) is 4. The van der Waals surface area contributed by atoms with Crippen LogP contribution in [0.2, 0.25) is 0 Å². The summed E-state index contributed by atoms with van der Waals surface area (Å²) in [5.74, 6) is -0.468. The Kier molecular flexibility index (Phi) is 4.46. The molecule has 0 spiro atoms. The molecule has 0 fully saturated rings. The van der Waals surface area contributed by atoms with Crippen molar-refractivity contribution in [3.05, 3.63) is 45.9 Å². The highest BCUT2D eigenvalue weighted by atomic mass is 19.4. The van der Waals surface area contributed by atoms with Crippen molar-refractivity contribution in [1.82, 2.24) is 9.55 Å². The highest BCUT2D eigenvalue weighted by Crippen LogP contribution is 2.39. The predicted octanol–water partition coefficient (Wildman–Crippen LogP) is 4.57. The number of nitriles is 1. The fourth-order valence-electron chi connectivity index (χ4n) is 3.33. The van der Waals surface area contributed by atoms with Crippen LogP contribution in [0.3, 0.4) is 0 Å². The Labute approximate surface area is 158 Å². The third kappa shape index (κ3) is 2.72. The second-order valence-electron chi connectivity index (χ2n) is 6.36. The number of aromatic nitrogens is 2. The first-order valence-corrected chi connectivity index (χ1v) is 8.15. The summed E-state index contributed by atoms with van der Waals surface area (Å²) >= 11 is 0. The number of nitrogens with two attached hydrogens (primary N) is 1. The number of hydrogen-bond donors (Lipinski definition) is 1. The van der Waals surface area contributed by atoms with E-state index in [-0.39, 0.29) is 45.1 Å². The van der Waals surface area contributed by atoms with Crippen LogP contribution in [0.5, 0.6) is 5.75 Å². The summed E-state index contributed by atoms with van der Waals surface area (Å²) in [6, 6.07) is 3.89. The van der Waals surface area contributed by atoms with Crippen LogP contribution >= 0.6 is 0 Å². The van der Waals surface area contributed by atoms with Crippen molar-refractivity contribution >= 4 is 16.9 Å². The van der Waals surface area contributed by atoms with Crippen LogP contribution in [-0.4, -0.2) is 16.7 Å². The van der Waals surface area contributed by atoms with E-state index in [1.165, 1.54) is 31.6 Å². The molecule has 146 valence electrons. The van der Waals surface area contributed by atoms with Gasteiger partial charge in [-0.05, 0) is 26.8 Å². The lowest BCUT2D eigenvalue weighted by Crippen LogP contribution is -2.11. The molecule has 0 amide bonds. The number of methoxy groups -OCH3 is 1. The third-order valence-corrected chi connectivity index (χ3v) is 4.73. The number of nitrogens with zero attached hydrogens (tertiary/aromatic N) is 3. The number of benzene rings is 1. The van der Waals surface area contributed by atoms with E-state index in [4.69, 9.17) is 10.5 Å². The van der Waals surface area contributed by atoms with E-state index in [1.807, 2.05) is 6.07 Å². The van der Waals surface area contributed by atoms with Crippen molar-refractivity contribution in [3.8, 4) is 17.5 Å². The van der Waals surface area contributed by atoms with Crippen molar-refractivity contribution in [2.24, 2.45) is 0 Å². The summed E-state index contributed by atoms with van der Waals surface area (Å²) in [4.78, 5) is 4.06. The number of aryl methyl sites for hydroxylation is 1. The zero-order chi connectivity index (χ0) is 21.0. The standard InChI is InChI=1S/C19H16F4N4O/c1-8-14(20)6-15(28-4)9(2)16(8)27-17(25)12(7-24)11-5-13(19(21,22)23)10(3)26-18(11)27/h5-6H,25H2,1-4H3. The summed E-state index contributed by atoms with van der Waals surface area (Å²) in [7, 11) is 1.37. The predicted molar refractivity (Wildman–Crippen MR) is 95.9 cm³/mol. The van der Waals surface area contributed by atoms with Gasteiger partial charge in [-0.15, -0.1) is 0 Å². The number of fused-ring (bicyclic) bond motifs is 1. The lowest BCUT2D eigenvalue weighted by molar-refractivity contribution is -0.138. The summed E-state index contributed by atoms with van der Waals surface area (Å²) in [6.45, 7) is 4.38.